The van der Waals surface area contributed by atoms with Crippen LogP contribution in [-0.2, 0) is 6.54 Å². The lowest BCUT2D eigenvalue weighted by molar-refractivity contribution is 0.155. The van der Waals surface area contributed by atoms with Gasteiger partial charge in [-0.25, -0.2) is 0 Å². The van der Waals surface area contributed by atoms with E-state index in [9.17, 15) is 0 Å². The van der Waals surface area contributed by atoms with Crippen LogP contribution in [0.1, 0.15) is 70.0 Å². The van der Waals surface area contributed by atoms with E-state index in [0.29, 0.717) is 18.6 Å². The van der Waals surface area contributed by atoms with E-state index in [-0.39, 0.29) is 0 Å². The summed E-state index contributed by atoms with van der Waals surface area (Å²) in [5.74, 6) is 0.953. The molecule has 1 heterocycles. The van der Waals surface area contributed by atoms with E-state index in [2.05, 4.69) is 10.2 Å². The molecule has 0 bridgehead atoms. The summed E-state index contributed by atoms with van der Waals surface area (Å²) in [6.07, 6.45) is 15.1. The third-order valence-electron chi connectivity index (χ3n) is 5.16. The van der Waals surface area contributed by atoms with Crippen molar-refractivity contribution in [2.75, 3.05) is 0 Å². The van der Waals surface area contributed by atoms with Crippen LogP contribution in [0.3, 0.4) is 0 Å². The molecule has 0 aliphatic heterocycles. The van der Waals surface area contributed by atoms with Crippen LogP contribution in [0.4, 0.5) is 0 Å². The monoisotopic (exact) mass is 320 g/mol. The predicted octanol–water partition coefficient (Wildman–Crippen LogP) is 4.62. The van der Waals surface area contributed by atoms with Gasteiger partial charge < -0.3 is 14.6 Å². The van der Waals surface area contributed by atoms with Crippen LogP contribution in [0.15, 0.2) is 22.8 Å². The van der Waals surface area contributed by atoms with Gasteiger partial charge in [-0.3, -0.25) is 0 Å². The molecule has 1 N–H and O–H groups in total. The Morgan fingerprint density at radius 1 is 1.05 bits per heavy atom. The van der Waals surface area contributed by atoms with E-state index < -0.39 is 0 Å². The maximum atomic E-state index is 5.78. The number of nitrogens with zero attached hydrogens (tertiary/aromatic N) is 1. The van der Waals surface area contributed by atoms with Crippen molar-refractivity contribution in [2.24, 2.45) is 0 Å². The van der Waals surface area contributed by atoms with Gasteiger partial charge in [0.1, 0.15) is 5.76 Å². The molecule has 1 aromatic heterocycles. The average Bonchev–Trinajstić information content (AvgIpc) is 3.09. The van der Waals surface area contributed by atoms with Gasteiger partial charge in [-0.15, -0.1) is 0 Å². The van der Waals surface area contributed by atoms with Gasteiger partial charge in [0.15, 0.2) is 5.11 Å². The summed E-state index contributed by atoms with van der Waals surface area (Å²) < 4.78 is 5.41. The Morgan fingerprint density at radius 2 is 1.64 bits per heavy atom. The Kier molecular flexibility index (Phi) is 5.76. The summed E-state index contributed by atoms with van der Waals surface area (Å²) in [7, 11) is 0. The van der Waals surface area contributed by atoms with Crippen molar-refractivity contribution >= 4 is 17.3 Å². The number of hydrogen-bond acceptors (Lipinski definition) is 2. The first-order valence-corrected chi connectivity index (χ1v) is 9.34. The molecule has 0 saturated heterocycles. The molecule has 0 aromatic carbocycles. The van der Waals surface area contributed by atoms with Crippen LogP contribution in [0.25, 0.3) is 0 Å². The minimum atomic E-state index is 0.647. The van der Waals surface area contributed by atoms with Gasteiger partial charge in [-0.05, 0) is 50.0 Å². The first-order valence-electron chi connectivity index (χ1n) is 8.93. The van der Waals surface area contributed by atoms with E-state index in [4.69, 9.17) is 16.6 Å². The van der Waals surface area contributed by atoms with Crippen LogP contribution < -0.4 is 5.32 Å². The highest BCUT2D eigenvalue weighted by Gasteiger charge is 2.30. The number of hydrogen-bond donors (Lipinski definition) is 1. The molecule has 0 amide bonds. The molecule has 3 nitrogen and oxygen atoms in total. The molecule has 4 heteroatoms. The fourth-order valence-electron chi connectivity index (χ4n) is 4.02. The number of furan rings is 1. The smallest absolute Gasteiger partial charge is 0.169 e. The van der Waals surface area contributed by atoms with E-state index in [1.807, 2.05) is 12.1 Å². The molecule has 2 saturated carbocycles. The Hall–Kier alpha value is -1.03. The van der Waals surface area contributed by atoms with E-state index >= 15 is 0 Å². The molecule has 22 heavy (non-hydrogen) atoms. The van der Waals surface area contributed by atoms with Gasteiger partial charge in [0.25, 0.3) is 0 Å². The second-order valence-electron chi connectivity index (χ2n) is 6.73. The fourth-order valence-corrected chi connectivity index (χ4v) is 4.39. The lowest BCUT2D eigenvalue weighted by Gasteiger charge is -2.43. The minimum Gasteiger partial charge on any atom is -0.467 e. The van der Waals surface area contributed by atoms with Crippen molar-refractivity contribution in [1.82, 2.24) is 10.2 Å². The standard InChI is InChI=1S/C18H28N2OS/c22-18(19-14-17-12-7-13-21-17)20(15-8-3-1-4-9-15)16-10-5-2-6-11-16/h7,12-13,15-16H,1-6,8-11,14H2,(H,19,22). The van der Waals surface area contributed by atoms with Crippen LogP contribution in [-0.4, -0.2) is 22.1 Å². The molecule has 2 fully saturated rings. The Morgan fingerprint density at radius 3 is 2.14 bits per heavy atom. The molecule has 0 spiro atoms. The largest absolute Gasteiger partial charge is 0.467 e. The third-order valence-corrected chi connectivity index (χ3v) is 5.52. The van der Waals surface area contributed by atoms with Crippen molar-refractivity contribution in [1.29, 1.82) is 0 Å². The van der Waals surface area contributed by atoms with Crippen LogP contribution >= 0.6 is 12.2 Å². The molecule has 3 rings (SSSR count). The normalized spacial score (nSPS) is 20.7. The number of nitrogens with one attached hydrogen (secondary N) is 1. The quantitative estimate of drug-likeness (QED) is 0.819. The first-order chi connectivity index (χ1) is 10.8. The summed E-state index contributed by atoms with van der Waals surface area (Å²) in [6.45, 7) is 0.696. The SMILES string of the molecule is S=C(NCc1ccco1)N(C1CCCCC1)C1CCCCC1. The zero-order valence-electron chi connectivity index (χ0n) is 13.4. The molecule has 0 unspecified atom stereocenters. The maximum Gasteiger partial charge on any atom is 0.169 e. The Bertz CT molecular complexity index is 430. The van der Waals surface area contributed by atoms with Crippen molar-refractivity contribution in [2.45, 2.75) is 82.8 Å². The van der Waals surface area contributed by atoms with E-state index in [1.165, 1.54) is 64.2 Å². The van der Waals surface area contributed by atoms with Crippen molar-refractivity contribution in [3.8, 4) is 0 Å². The van der Waals surface area contributed by atoms with E-state index in [1.54, 1.807) is 6.26 Å². The minimum absolute atomic E-state index is 0.647. The summed E-state index contributed by atoms with van der Waals surface area (Å²) in [5, 5.41) is 4.38. The number of thiocarbonyl (C=S) groups is 1. The van der Waals surface area contributed by atoms with Gasteiger partial charge in [0.2, 0.25) is 0 Å². The highest BCUT2D eigenvalue weighted by Crippen LogP contribution is 2.30. The summed E-state index contributed by atoms with van der Waals surface area (Å²) in [4.78, 5) is 2.57. The molecule has 122 valence electrons. The Balaban J connectivity index is 1.64. The first kappa shape index (κ1) is 15.9. The maximum absolute atomic E-state index is 5.78. The predicted molar refractivity (Wildman–Crippen MR) is 93.7 cm³/mol. The lowest BCUT2D eigenvalue weighted by atomic mass is 9.89. The zero-order chi connectivity index (χ0) is 15.2. The van der Waals surface area contributed by atoms with E-state index in [0.717, 1.165) is 10.9 Å². The van der Waals surface area contributed by atoms with Gasteiger partial charge in [-0.1, -0.05) is 38.5 Å². The molecule has 0 atom stereocenters. The van der Waals surface area contributed by atoms with Crippen molar-refractivity contribution in [3.63, 3.8) is 0 Å². The van der Waals surface area contributed by atoms with Gasteiger partial charge in [0, 0.05) is 12.1 Å². The third kappa shape index (κ3) is 4.03. The highest BCUT2D eigenvalue weighted by molar-refractivity contribution is 7.80. The van der Waals surface area contributed by atoms with Crippen molar-refractivity contribution in [3.05, 3.63) is 24.2 Å². The van der Waals surface area contributed by atoms with Gasteiger partial charge in [-0.2, -0.15) is 0 Å². The lowest BCUT2D eigenvalue weighted by Crippen LogP contribution is -2.52. The van der Waals surface area contributed by atoms with Gasteiger partial charge in [0.05, 0.1) is 12.8 Å². The second-order valence-corrected chi connectivity index (χ2v) is 7.12. The topological polar surface area (TPSA) is 28.4 Å². The van der Waals surface area contributed by atoms with Crippen LogP contribution in [0.5, 0.6) is 0 Å². The molecular weight excluding hydrogens is 292 g/mol. The summed E-state index contributed by atoms with van der Waals surface area (Å²) in [5.41, 5.74) is 0. The van der Waals surface area contributed by atoms with Crippen LogP contribution in [0.2, 0.25) is 0 Å². The molecule has 1 aromatic rings. The molecular formula is C18H28N2OS. The summed E-state index contributed by atoms with van der Waals surface area (Å²) >= 11 is 5.78. The van der Waals surface area contributed by atoms with Gasteiger partial charge >= 0.3 is 0 Å². The highest BCUT2D eigenvalue weighted by atomic mass is 32.1. The van der Waals surface area contributed by atoms with Crippen molar-refractivity contribution < 1.29 is 4.42 Å². The second kappa shape index (κ2) is 8.00. The Labute approximate surface area is 139 Å². The fraction of sp³-hybridized carbons (Fsp3) is 0.722. The molecule has 0 radical (unpaired) electrons. The average molecular weight is 321 g/mol. The molecule has 2 aliphatic rings. The summed E-state index contributed by atoms with van der Waals surface area (Å²) in [6, 6.07) is 5.23. The molecule has 2 aliphatic carbocycles. The van der Waals surface area contributed by atoms with Crippen LogP contribution in [0, 0.1) is 0 Å². The zero-order valence-corrected chi connectivity index (χ0v) is 14.2. The number of rotatable bonds is 4.